The highest BCUT2D eigenvalue weighted by Crippen LogP contribution is 2.38. The van der Waals surface area contributed by atoms with Gasteiger partial charge in [-0.05, 0) is 32.8 Å². The predicted octanol–water partition coefficient (Wildman–Crippen LogP) is 0.580. The molecule has 0 bridgehead atoms. The summed E-state index contributed by atoms with van der Waals surface area (Å²) in [7, 11) is 0. The molecular weight excluding hydrogens is 301 g/mol. The first-order chi connectivity index (χ1) is 10.1. The third-order valence-corrected chi connectivity index (χ3v) is 5.38. The predicted molar refractivity (Wildman–Crippen MR) is 92.4 cm³/mol. The molecular formula is C15H26N3O3P. The standard InChI is InChI=1S/C15H26N3O3P/c1-9-8-18(10(2)17-14(9)16)15-13(20)12(19)11(21-15)6-7-22(3,4)5/h8,11-13,15,19-20H,2-3,6-7H2,1,4-5H3,(H2,16,17)/t11-,12-,13-,15?/m1/s1. The van der Waals surface area contributed by atoms with E-state index in [1.807, 2.05) is 6.92 Å². The van der Waals surface area contributed by atoms with E-state index in [0.717, 1.165) is 11.7 Å². The topological polar surface area (TPSA) is 91.3 Å². The van der Waals surface area contributed by atoms with Crippen LogP contribution in [-0.2, 0) is 4.74 Å². The molecule has 4 N–H and O–H groups in total. The first-order valence-electron chi connectivity index (χ1n) is 7.29. The lowest BCUT2D eigenvalue weighted by Crippen LogP contribution is -2.42. The number of ether oxygens (including phenoxy) is 1. The average molecular weight is 327 g/mol. The Bertz CT molecular complexity index is 566. The molecule has 1 unspecified atom stereocenters. The maximum absolute atomic E-state index is 10.3. The normalized spacial score (nSPS) is 33.0. The van der Waals surface area contributed by atoms with Crippen LogP contribution in [0.5, 0.6) is 0 Å². The highest BCUT2D eigenvalue weighted by Gasteiger charge is 2.45. The van der Waals surface area contributed by atoms with Gasteiger partial charge in [0.2, 0.25) is 0 Å². The SMILES string of the molecule is C=C1N=C(N)C(C)=CN1C1O[C@H](CCP(=C)(C)C)[C@@H](O)[C@H]1O. The lowest BCUT2D eigenvalue weighted by atomic mass is 10.1. The maximum Gasteiger partial charge on any atom is 0.164 e. The number of aliphatic hydroxyl groups excluding tert-OH is 2. The van der Waals surface area contributed by atoms with Gasteiger partial charge in [0, 0.05) is 11.8 Å². The van der Waals surface area contributed by atoms with Gasteiger partial charge in [-0.3, -0.25) is 0 Å². The molecule has 6 nitrogen and oxygen atoms in total. The van der Waals surface area contributed by atoms with Crippen LogP contribution in [0.25, 0.3) is 0 Å². The molecule has 4 atom stereocenters. The van der Waals surface area contributed by atoms with Crippen LogP contribution < -0.4 is 5.73 Å². The third kappa shape index (κ3) is 3.63. The van der Waals surface area contributed by atoms with Crippen molar-refractivity contribution >= 4 is 19.0 Å². The van der Waals surface area contributed by atoms with Crippen molar-refractivity contribution in [3.8, 4) is 0 Å². The molecule has 2 rings (SSSR count). The number of nitrogens with zero attached hydrogens (tertiary/aromatic N) is 2. The quantitative estimate of drug-likeness (QED) is 0.657. The van der Waals surface area contributed by atoms with E-state index in [1.165, 1.54) is 0 Å². The fraction of sp³-hybridized carbons (Fsp3) is 0.600. The minimum absolute atomic E-state index is 0.394. The van der Waals surface area contributed by atoms with E-state index in [9.17, 15) is 10.2 Å². The van der Waals surface area contributed by atoms with Crippen LogP contribution in [0.15, 0.2) is 29.2 Å². The van der Waals surface area contributed by atoms with Crippen molar-refractivity contribution in [1.82, 2.24) is 4.90 Å². The van der Waals surface area contributed by atoms with Crippen molar-refractivity contribution in [1.29, 1.82) is 0 Å². The summed E-state index contributed by atoms with van der Waals surface area (Å²) >= 11 is 0. The lowest BCUT2D eigenvalue weighted by molar-refractivity contribution is -0.0580. The molecule has 0 spiro atoms. The summed E-state index contributed by atoms with van der Waals surface area (Å²) in [5.74, 6) is 0.791. The van der Waals surface area contributed by atoms with E-state index in [-0.39, 0.29) is 0 Å². The van der Waals surface area contributed by atoms with Gasteiger partial charge in [-0.2, -0.15) is 0 Å². The molecule has 22 heavy (non-hydrogen) atoms. The molecule has 2 aliphatic heterocycles. The number of nitrogens with two attached hydrogens (primary N) is 1. The largest absolute Gasteiger partial charge is 0.388 e. The lowest BCUT2D eigenvalue weighted by Gasteiger charge is -2.31. The van der Waals surface area contributed by atoms with Gasteiger partial charge in [0.05, 0.1) is 6.10 Å². The van der Waals surface area contributed by atoms with Crippen molar-refractivity contribution in [3.05, 3.63) is 24.2 Å². The summed E-state index contributed by atoms with van der Waals surface area (Å²) in [5, 5.41) is 20.5. The smallest absolute Gasteiger partial charge is 0.164 e. The van der Waals surface area contributed by atoms with Crippen molar-refractivity contribution in [2.75, 3.05) is 19.5 Å². The highest BCUT2D eigenvalue weighted by atomic mass is 31.2. The zero-order chi connectivity index (χ0) is 16.7. The second-order valence-corrected chi connectivity index (χ2v) is 10.9. The fourth-order valence-corrected chi connectivity index (χ4v) is 3.48. The summed E-state index contributed by atoms with van der Waals surface area (Å²) in [6.45, 7) is 8.73. The van der Waals surface area contributed by atoms with Crippen molar-refractivity contribution in [2.24, 2.45) is 10.7 Å². The Labute approximate surface area is 131 Å². The van der Waals surface area contributed by atoms with Crippen molar-refractivity contribution in [2.45, 2.75) is 37.9 Å². The molecule has 7 heteroatoms. The Morgan fingerprint density at radius 2 is 2.05 bits per heavy atom. The molecule has 1 saturated heterocycles. The monoisotopic (exact) mass is 327 g/mol. The van der Waals surface area contributed by atoms with Gasteiger partial charge in [-0.15, -0.1) is 13.2 Å². The minimum Gasteiger partial charge on any atom is -0.388 e. The minimum atomic E-state index is -1.20. The van der Waals surface area contributed by atoms with Crippen LogP contribution in [0, 0.1) is 0 Å². The molecule has 0 aliphatic carbocycles. The molecule has 0 saturated carbocycles. The van der Waals surface area contributed by atoms with Crippen LogP contribution >= 0.6 is 6.89 Å². The Balaban J connectivity index is 2.10. The van der Waals surface area contributed by atoms with Gasteiger partial charge in [0.25, 0.3) is 0 Å². The second kappa shape index (κ2) is 6.20. The van der Waals surface area contributed by atoms with Gasteiger partial charge in [0.1, 0.15) is 23.9 Å². The van der Waals surface area contributed by atoms with Gasteiger partial charge in [-0.25, -0.2) is 4.99 Å². The number of amidine groups is 1. The zero-order valence-corrected chi connectivity index (χ0v) is 14.3. The van der Waals surface area contributed by atoms with Crippen molar-refractivity contribution in [3.63, 3.8) is 0 Å². The Kier molecular flexibility index (Phi) is 4.87. The van der Waals surface area contributed by atoms with Crippen LogP contribution in [-0.4, -0.2) is 71.3 Å². The number of aliphatic hydroxyl groups is 2. The highest BCUT2D eigenvalue weighted by molar-refractivity contribution is 7.72. The molecule has 0 radical (unpaired) electrons. The zero-order valence-electron chi connectivity index (χ0n) is 13.4. The molecule has 0 aromatic carbocycles. The Hall–Kier alpha value is -1.07. The van der Waals surface area contributed by atoms with Crippen LogP contribution in [0.2, 0.25) is 0 Å². The number of aliphatic imine (C=N–C) groups is 1. The van der Waals surface area contributed by atoms with E-state index in [1.54, 1.807) is 11.1 Å². The summed E-state index contributed by atoms with van der Waals surface area (Å²) < 4.78 is 5.88. The van der Waals surface area contributed by atoms with Crippen LogP contribution in [0.4, 0.5) is 0 Å². The maximum atomic E-state index is 10.3. The van der Waals surface area contributed by atoms with Gasteiger partial charge < -0.3 is 25.6 Å². The summed E-state index contributed by atoms with van der Waals surface area (Å²) in [5.41, 5.74) is 6.52. The van der Waals surface area contributed by atoms with E-state index in [2.05, 4.69) is 31.2 Å². The summed E-state index contributed by atoms with van der Waals surface area (Å²) in [6.07, 6.45) is 4.41. The molecule has 124 valence electrons. The van der Waals surface area contributed by atoms with Gasteiger partial charge >= 0.3 is 0 Å². The Morgan fingerprint density at radius 1 is 1.41 bits per heavy atom. The molecule has 2 aliphatic rings. The van der Waals surface area contributed by atoms with E-state index in [4.69, 9.17) is 10.5 Å². The van der Waals surface area contributed by atoms with Gasteiger partial charge in [-0.1, -0.05) is 6.58 Å². The van der Waals surface area contributed by atoms with E-state index >= 15 is 0 Å². The van der Waals surface area contributed by atoms with E-state index in [0.29, 0.717) is 18.1 Å². The van der Waals surface area contributed by atoms with Crippen LogP contribution in [0.1, 0.15) is 13.3 Å². The Morgan fingerprint density at radius 3 is 2.64 bits per heavy atom. The number of hydrogen-bond acceptors (Lipinski definition) is 6. The second-order valence-electron chi connectivity index (χ2n) is 6.63. The average Bonchev–Trinajstić information content (AvgIpc) is 2.68. The van der Waals surface area contributed by atoms with E-state index < -0.39 is 31.4 Å². The fourth-order valence-electron chi connectivity index (χ4n) is 2.53. The third-order valence-electron chi connectivity index (χ3n) is 3.91. The molecule has 0 aromatic rings. The summed E-state index contributed by atoms with van der Waals surface area (Å²) in [4.78, 5) is 5.77. The number of hydrogen-bond donors (Lipinski definition) is 3. The molecule has 0 aromatic heterocycles. The van der Waals surface area contributed by atoms with Crippen LogP contribution in [0.3, 0.4) is 0 Å². The first-order valence-corrected chi connectivity index (χ1v) is 10.3. The molecule has 2 heterocycles. The van der Waals surface area contributed by atoms with Crippen molar-refractivity contribution < 1.29 is 14.9 Å². The first kappa shape index (κ1) is 17.3. The number of rotatable bonds is 4. The van der Waals surface area contributed by atoms with Gasteiger partial charge in [0.15, 0.2) is 6.23 Å². The molecule has 0 amide bonds. The summed E-state index contributed by atoms with van der Waals surface area (Å²) in [6, 6.07) is 0. The molecule has 1 fully saturated rings.